The summed E-state index contributed by atoms with van der Waals surface area (Å²) in [4.78, 5) is 28.6. The number of piperazine rings is 1. The Kier molecular flexibility index (Phi) is 4.59. The standard InChI is InChI=1S/C18H26N2O2/c1-13-7-6-8-15(11-13)20-10-9-19(14(2)17(20)22)16(21)12-18(3,4)5/h6-8,11,14H,9-10,12H2,1-5H3. The Morgan fingerprint density at radius 2 is 1.95 bits per heavy atom. The van der Waals surface area contributed by atoms with Crippen LogP contribution in [-0.4, -0.2) is 35.8 Å². The van der Waals surface area contributed by atoms with Crippen molar-refractivity contribution in [2.45, 2.75) is 47.1 Å². The molecule has 1 aromatic rings. The topological polar surface area (TPSA) is 40.6 Å². The normalized spacial score (nSPS) is 19.5. The van der Waals surface area contributed by atoms with E-state index in [2.05, 4.69) is 0 Å². The molecule has 4 heteroatoms. The van der Waals surface area contributed by atoms with E-state index in [9.17, 15) is 9.59 Å². The van der Waals surface area contributed by atoms with Gasteiger partial charge in [-0.1, -0.05) is 32.9 Å². The molecule has 120 valence electrons. The number of hydrogen-bond donors (Lipinski definition) is 0. The van der Waals surface area contributed by atoms with Crippen molar-refractivity contribution in [2.75, 3.05) is 18.0 Å². The van der Waals surface area contributed by atoms with Gasteiger partial charge in [0, 0.05) is 25.2 Å². The van der Waals surface area contributed by atoms with E-state index in [1.807, 2.05) is 58.9 Å². The average molecular weight is 302 g/mol. The molecule has 1 aliphatic heterocycles. The van der Waals surface area contributed by atoms with Gasteiger partial charge in [0.2, 0.25) is 11.8 Å². The average Bonchev–Trinajstić information content (AvgIpc) is 2.39. The Balaban J connectivity index is 2.13. The Bertz CT molecular complexity index is 575. The lowest BCUT2D eigenvalue weighted by atomic mass is 9.91. The van der Waals surface area contributed by atoms with E-state index in [1.54, 1.807) is 9.80 Å². The van der Waals surface area contributed by atoms with Crippen LogP contribution in [0, 0.1) is 12.3 Å². The Morgan fingerprint density at radius 1 is 1.27 bits per heavy atom. The van der Waals surface area contributed by atoms with Crippen molar-refractivity contribution in [3.63, 3.8) is 0 Å². The second-order valence-corrected chi connectivity index (χ2v) is 7.33. The highest BCUT2D eigenvalue weighted by Gasteiger charge is 2.35. The van der Waals surface area contributed by atoms with Gasteiger partial charge in [0.25, 0.3) is 0 Å². The van der Waals surface area contributed by atoms with E-state index >= 15 is 0 Å². The zero-order chi connectivity index (χ0) is 16.5. The molecule has 4 nitrogen and oxygen atoms in total. The van der Waals surface area contributed by atoms with Crippen molar-refractivity contribution < 1.29 is 9.59 Å². The summed E-state index contributed by atoms with van der Waals surface area (Å²) in [5.41, 5.74) is 1.98. The largest absolute Gasteiger partial charge is 0.329 e. The summed E-state index contributed by atoms with van der Waals surface area (Å²) in [6.45, 7) is 11.1. The molecule has 1 aromatic carbocycles. The summed E-state index contributed by atoms with van der Waals surface area (Å²) >= 11 is 0. The third-order valence-corrected chi connectivity index (χ3v) is 3.97. The van der Waals surface area contributed by atoms with Crippen molar-refractivity contribution in [3.8, 4) is 0 Å². The van der Waals surface area contributed by atoms with E-state index in [0.717, 1.165) is 11.3 Å². The van der Waals surface area contributed by atoms with E-state index in [4.69, 9.17) is 0 Å². The number of hydrogen-bond acceptors (Lipinski definition) is 2. The molecule has 1 unspecified atom stereocenters. The molecule has 1 aliphatic rings. The second kappa shape index (κ2) is 6.11. The highest BCUT2D eigenvalue weighted by Crippen LogP contribution is 2.25. The molecule has 1 atom stereocenters. The Labute approximate surface area is 133 Å². The number of carbonyl (C=O) groups is 2. The highest BCUT2D eigenvalue weighted by atomic mass is 16.2. The monoisotopic (exact) mass is 302 g/mol. The Morgan fingerprint density at radius 3 is 2.55 bits per heavy atom. The van der Waals surface area contributed by atoms with Crippen molar-refractivity contribution in [2.24, 2.45) is 5.41 Å². The van der Waals surface area contributed by atoms with E-state index in [0.29, 0.717) is 19.5 Å². The molecular weight excluding hydrogens is 276 g/mol. The molecule has 0 spiro atoms. The van der Waals surface area contributed by atoms with Crippen LogP contribution < -0.4 is 4.90 Å². The molecule has 0 N–H and O–H groups in total. The van der Waals surface area contributed by atoms with Crippen LogP contribution in [0.15, 0.2) is 24.3 Å². The first-order valence-electron chi connectivity index (χ1n) is 7.86. The first-order valence-corrected chi connectivity index (χ1v) is 7.86. The molecule has 0 radical (unpaired) electrons. The zero-order valence-electron chi connectivity index (χ0n) is 14.2. The van der Waals surface area contributed by atoms with E-state index < -0.39 is 6.04 Å². The van der Waals surface area contributed by atoms with Gasteiger partial charge in [-0.25, -0.2) is 0 Å². The molecule has 2 amide bonds. The lowest BCUT2D eigenvalue weighted by Gasteiger charge is -2.40. The van der Waals surface area contributed by atoms with Crippen LogP contribution in [0.4, 0.5) is 5.69 Å². The van der Waals surface area contributed by atoms with Crippen LogP contribution in [-0.2, 0) is 9.59 Å². The van der Waals surface area contributed by atoms with Crippen molar-refractivity contribution in [3.05, 3.63) is 29.8 Å². The van der Waals surface area contributed by atoms with Crippen molar-refractivity contribution in [1.29, 1.82) is 0 Å². The fraction of sp³-hybridized carbons (Fsp3) is 0.556. The fourth-order valence-corrected chi connectivity index (χ4v) is 2.82. The molecule has 0 aromatic heterocycles. The quantitative estimate of drug-likeness (QED) is 0.842. The minimum atomic E-state index is -0.399. The minimum absolute atomic E-state index is 0.000825. The number of anilines is 1. The third-order valence-electron chi connectivity index (χ3n) is 3.97. The third kappa shape index (κ3) is 3.67. The van der Waals surface area contributed by atoms with Crippen molar-refractivity contribution >= 4 is 17.5 Å². The SMILES string of the molecule is Cc1cccc(N2CCN(C(=O)CC(C)(C)C)C(C)C2=O)c1. The fourth-order valence-electron chi connectivity index (χ4n) is 2.82. The van der Waals surface area contributed by atoms with Crippen LogP contribution >= 0.6 is 0 Å². The van der Waals surface area contributed by atoms with Crippen LogP contribution in [0.1, 0.15) is 39.7 Å². The summed E-state index contributed by atoms with van der Waals surface area (Å²) in [6, 6.07) is 7.53. The van der Waals surface area contributed by atoms with Gasteiger partial charge in [-0.3, -0.25) is 9.59 Å². The molecule has 1 fully saturated rings. The zero-order valence-corrected chi connectivity index (χ0v) is 14.2. The van der Waals surface area contributed by atoms with Crippen LogP contribution in [0.2, 0.25) is 0 Å². The molecule has 1 heterocycles. The van der Waals surface area contributed by atoms with Gasteiger partial charge in [0.1, 0.15) is 6.04 Å². The van der Waals surface area contributed by atoms with Crippen LogP contribution in [0.3, 0.4) is 0 Å². The van der Waals surface area contributed by atoms with Crippen LogP contribution in [0.5, 0.6) is 0 Å². The lowest BCUT2D eigenvalue weighted by Crippen LogP contribution is -2.58. The number of nitrogens with zero attached hydrogens (tertiary/aromatic N) is 2. The summed E-state index contributed by atoms with van der Waals surface area (Å²) in [6.07, 6.45) is 0.467. The first-order chi connectivity index (χ1) is 10.2. The lowest BCUT2D eigenvalue weighted by molar-refractivity contribution is -0.142. The predicted molar refractivity (Wildman–Crippen MR) is 88.8 cm³/mol. The minimum Gasteiger partial charge on any atom is -0.329 e. The summed E-state index contributed by atoms with van der Waals surface area (Å²) < 4.78 is 0. The van der Waals surface area contributed by atoms with Crippen molar-refractivity contribution in [1.82, 2.24) is 4.90 Å². The molecule has 0 saturated carbocycles. The predicted octanol–water partition coefficient (Wildman–Crippen LogP) is 2.99. The number of aryl methyl sites for hydroxylation is 1. The Hall–Kier alpha value is -1.84. The number of amides is 2. The molecule has 0 aliphatic carbocycles. The maximum absolute atomic E-state index is 12.6. The summed E-state index contributed by atoms with van der Waals surface area (Å²) in [7, 11) is 0. The smallest absolute Gasteiger partial charge is 0.249 e. The van der Waals surface area contributed by atoms with Gasteiger partial charge < -0.3 is 9.80 Å². The van der Waals surface area contributed by atoms with E-state index in [-0.39, 0.29) is 17.2 Å². The van der Waals surface area contributed by atoms with Gasteiger partial charge in [-0.05, 0) is 37.0 Å². The molecule has 1 saturated heterocycles. The number of benzene rings is 1. The number of rotatable bonds is 2. The van der Waals surface area contributed by atoms with Gasteiger partial charge >= 0.3 is 0 Å². The molecule has 0 bridgehead atoms. The first kappa shape index (κ1) is 16.5. The van der Waals surface area contributed by atoms with Gasteiger partial charge in [-0.2, -0.15) is 0 Å². The van der Waals surface area contributed by atoms with Gasteiger partial charge in [0.05, 0.1) is 0 Å². The second-order valence-electron chi connectivity index (χ2n) is 7.33. The maximum Gasteiger partial charge on any atom is 0.249 e. The van der Waals surface area contributed by atoms with Gasteiger partial charge in [0.15, 0.2) is 0 Å². The van der Waals surface area contributed by atoms with Crippen LogP contribution in [0.25, 0.3) is 0 Å². The summed E-state index contributed by atoms with van der Waals surface area (Å²) in [5, 5.41) is 0. The highest BCUT2D eigenvalue weighted by molar-refractivity contribution is 6.00. The molecular formula is C18H26N2O2. The molecule has 2 rings (SSSR count). The maximum atomic E-state index is 12.6. The van der Waals surface area contributed by atoms with Gasteiger partial charge in [-0.15, -0.1) is 0 Å². The summed E-state index contributed by atoms with van der Waals surface area (Å²) in [5.74, 6) is 0.0661. The number of carbonyl (C=O) groups excluding carboxylic acids is 2. The van der Waals surface area contributed by atoms with E-state index in [1.165, 1.54) is 0 Å². The molecule has 22 heavy (non-hydrogen) atoms.